The van der Waals surface area contributed by atoms with Gasteiger partial charge in [0.2, 0.25) is 10.0 Å². The largest absolute Gasteiger partial charge is 0.313 e. The third-order valence-electron chi connectivity index (χ3n) is 2.96. The summed E-state index contributed by atoms with van der Waals surface area (Å²) in [4.78, 5) is 0.268. The Hall–Kier alpha value is -0.270. The van der Waals surface area contributed by atoms with Gasteiger partial charge >= 0.3 is 0 Å². The van der Waals surface area contributed by atoms with Crippen LogP contribution in [0, 0.1) is 0 Å². The van der Waals surface area contributed by atoms with Crippen LogP contribution in [-0.4, -0.2) is 33.5 Å². The number of benzene rings is 1. The SMILES string of the molecule is CCNCc1cc(S(=O)(=O)NCCCCSC)ccc1Cl. The van der Waals surface area contributed by atoms with Gasteiger partial charge in [0.05, 0.1) is 4.90 Å². The zero-order valence-electron chi connectivity index (χ0n) is 12.5. The molecule has 0 aliphatic rings. The van der Waals surface area contributed by atoms with E-state index >= 15 is 0 Å². The summed E-state index contributed by atoms with van der Waals surface area (Å²) in [6.45, 7) is 3.83. The highest BCUT2D eigenvalue weighted by Gasteiger charge is 2.15. The summed E-state index contributed by atoms with van der Waals surface area (Å²) in [6.07, 6.45) is 3.90. The van der Waals surface area contributed by atoms with E-state index in [9.17, 15) is 8.42 Å². The fourth-order valence-electron chi connectivity index (χ4n) is 1.77. The van der Waals surface area contributed by atoms with Gasteiger partial charge in [-0.15, -0.1) is 0 Å². The van der Waals surface area contributed by atoms with Gasteiger partial charge in [-0.3, -0.25) is 0 Å². The number of hydrogen-bond acceptors (Lipinski definition) is 4. The van der Waals surface area contributed by atoms with Crippen LogP contribution >= 0.6 is 23.4 Å². The van der Waals surface area contributed by atoms with Gasteiger partial charge in [-0.2, -0.15) is 11.8 Å². The third-order valence-corrected chi connectivity index (χ3v) is 5.48. The smallest absolute Gasteiger partial charge is 0.240 e. The lowest BCUT2D eigenvalue weighted by molar-refractivity contribution is 0.578. The summed E-state index contributed by atoms with van der Waals surface area (Å²) in [5, 5.41) is 3.73. The van der Waals surface area contributed by atoms with Gasteiger partial charge in [0.1, 0.15) is 0 Å². The standard InChI is InChI=1S/C14H23ClN2O2S2/c1-3-16-11-12-10-13(6-7-14(12)15)21(18,19)17-8-4-5-9-20-2/h6-7,10,16-17H,3-5,8-9,11H2,1-2H3. The van der Waals surface area contributed by atoms with E-state index < -0.39 is 10.0 Å². The first-order valence-electron chi connectivity index (χ1n) is 6.99. The van der Waals surface area contributed by atoms with E-state index in [1.165, 1.54) is 0 Å². The minimum atomic E-state index is -3.45. The highest BCUT2D eigenvalue weighted by Crippen LogP contribution is 2.20. The number of rotatable bonds is 10. The van der Waals surface area contributed by atoms with Gasteiger partial charge in [-0.25, -0.2) is 13.1 Å². The third kappa shape index (κ3) is 6.57. The lowest BCUT2D eigenvalue weighted by atomic mass is 10.2. The highest BCUT2D eigenvalue weighted by atomic mass is 35.5. The van der Waals surface area contributed by atoms with Crippen LogP contribution in [0.5, 0.6) is 0 Å². The first-order chi connectivity index (χ1) is 10.0. The minimum absolute atomic E-state index is 0.268. The molecule has 2 N–H and O–H groups in total. The molecule has 7 heteroatoms. The van der Waals surface area contributed by atoms with Gasteiger partial charge in [-0.05, 0) is 55.2 Å². The zero-order chi connectivity index (χ0) is 15.7. The molecule has 0 aliphatic carbocycles. The summed E-state index contributed by atoms with van der Waals surface area (Å²) >= 11 is 7.85. The van der Waals surface area contributed by atoms with Gasteiger partial charge in [0.25, 0.3) is 0 Å². The fraction of sp³-hybridized carbons (Fsp3) is 0.571. The van der Waals surface area contributed by atoms with Crippen LogP contribution in [0.3, 0.4) is 0 Å². The molecule has 4 nitrogen and oxygen atoms in total. The normalized spacial score (nSPS) is 11.8. The first kappa shape index (κ1) is 18.8. The molecule has 0 bridgehead atoms. The molecule has 120 valence electrons. The van der Waals surface area contributed by atoms with Crippen LogP contribution < -0.4 is 10.0 Å². The van der Waals surface area contributed by atoms with E-state index in [2.05, 4.69) is 10.0 Å². The van der Waals surface area contributed by atoms with Crippen LogP contribution in [-0.2, 0) is 16.6 Å². The maximum atomic E-state index is 12.2. The Morgan fingerprint density at radius 3 is 2.71 bits per heavy atom. The monoisotopic (exact) mass is 350 g/mol. The minimum Gasteiger partial charge on any atom is -0.313 e. The predicted octanol–water partition coefficient (Wildman–Crippen LogP) is 2.87. The molecule has 0 heterocycles. The number of thioether (sulfide) groups is 1. The maximum Gasteiger partial charge on any atom is 0.240 e. The Labute approximate surface area is 137 Å². The van der Waals surface area contributed by atoms with Crippen LogP contribution in [0.4, 0.5) is 0 Å². The number of hydrogen-bond donors (Lipinski definition) is 2. The van der Waals surface area contributed by atoms with E-state index in [0.29, 0.717) is 18.1 Å². The molecule has 0 fully saturated rings. The van der Waals surface area contributed by atoms with E-state index in [0.717, 1.165) is 30.7 Å². The number of halogens is 1. The zero-order valence-corrected chi connectivity index (χ0v) is 14.9. The van der Waals surface area contributed by atoms with Crippen molar-refractivity contribution >= 4 is 33.4 Å². The average Bonchev–Trinajstić information content (AvgIpc) is 2.46. The first-order valence-corrected chi connectivity index (χ1v) is 10.2. The molecule has 0 radical (unpaired) electrons. The van der Waals surface area contributed by atoms with Crippen molar-refractivity contribution in [2.24, 2.45) is 0 Å². The molecule has 21 heavy (non-hydrogen) atoms. The Morgan fingerprint density at radius 1 is 1.29 bits per heavy atom. The van der Waals surface area contributed by atoms with Crippen molar-refractivity contribution < 1.29 is 8.42 Å². The lowest BCUT2D eigenvalue weighted by Gasteiger charge is -2.10. The number of unbranched alkanes of at least 4 members (excludes halogenated alkanes) is 1. The van der Waals surface area contributed by atoms with Crippen molar-refractivity contribution in [3.8, 4) is 0 Å². The van der Waals surface area contributed by atoms with Crippen LogP contribution in [0.15, 0.2) is 23.1 Å². The molecule has 0 atom stereocenters. The van der Waals surface area contributed by atoms with Crippen molar-refractivity contribution in [2.45, 2.75) is 31.2 Å². The van der Waals surface area contributed by atoms with Gasteiger partial charge in [-0.1, -0.05) is 18.5 Å². The molecular weight excluding hydrogens is 328 g/mol. The summed E-state index contributed by atoms with van der Waals surface area (Å²) in [5.41, 5.74) is 0.795. The second kappa shape index (κ2) is 9.69. The highest BCUT2D eigenvalue weighted by molar-refractivity contribution is 7.98. The average molecular weight is 351 g/mol. The van der Waals surface area contributed by atoms with Crippen molar-refractivity contribution in [1.82, 2.24) is 10.0 Å². The van der Waals surface area contributed by atoms with E-state index in [1.807, 2.05) is 13.2 Å². The molecule has 1 aromatic carbocycles. The van der Waals surface area contributed by atoms with Crippen LogP contribution in [0.1, 0.15) is 25.3 Å². The Kier molecular flexibility index (Phi) is 8.66. The Morgan fingerprint density at radius 2 is 2.05 bits per heavy atom. The summed E-state index contributed by atoms with van der Waals surface area (Å²) in [7, 11) is -3.45. The molecule has 0 spiro atoms. The number of sulfonamides is 1. The molecule has 0 saturated heterocycles. The Balaban J connectivity index is 2.69. The van der Waals surface area contributed by atoms with Crippen molar-refractivity contribution in [2.75, 3.05) is 25.1 Å². The summed E-state index contributed by atoms with van der Waals surface area (Å²) < 4.78 is 27.1. The molecule has 0 amide bonds. The van der Waals surface area contributed by atoms with Gasteiger partial charge < -0.3 is 5.32 Å². The maximum absolute atomic E-state index is 12.2. The topological polar surface area (TPSA) is 58.2 Å². The predicted molar refractivity (Wildman–Crippen MR) is 91.6 cm³/mol. The molecule has 1 aromatic rings. The summed E-state index contributed by atoms with van der Waals surface area (Å²) in [6, 6.07) is 4.81. The fourth-order valence-corrected chi connectivity index (χ4v) is 3.58. The molecule has 0 unspecified atom stereocenters. The number of nitrogens with one attached hydrogen (secondary N) is 2. The van der Waals surface area contributed by atoms with Crippen molar-refractivity contribution in [1.29, 1.82) is 0 Å². The Bertz CT molecular complexity index is 536. The van der Waals surface area contributed by atoms with E-state index in [1.54, 1.807) is 30.0 Å². The molecule has 0 aromatic heterocycles. The van der Waals surface area contributed by atoms with Crippen molar-refractivity contribution in [3.05, 3.63) is 28.8 Å². The van der Waals surface area contributed by atoms with Gasteiger partial charge in [0.15, 0.2) is 0 Å². The summed E-state index contributed by atoms with van der Waals surface area (Å²) in [5.74, 6) is 1.05. The molecule has 0 aliphatic heterocycles. The molecule has 1 rings (SSSR count). The van der Waals surface area contributed by atoms with Crippen LogP contribution in [0.25, 0.3) is 0 Å². The van der Waals surface area contributed by atoms with E-state index in [-0.39, 0.29) is 4.90 Å². The lowest BCUT2D eigenvalue weighted by Crippen LogP contribution is -2.25. The molecule has 0 saturated carbocycles. The van der Waals surface area contributed by atoms with Gasteiger partial charge in [0, 0.05) is 18.1 Å². The van der Waals surface area contributed by atoms with E-state index in [4.69, 9.17) is 11.6 Å². The molecular formula is C14H23ClN2O2S2. The van der Waals surface area contributed by atoms with Crippen LogP contribution in [0.2, 0.25) is 5.02 Å². The van der Waals surface area contributed by atoms with Crippen molar-refractivity contribution in [3.63, 3.8) is 0 Å². The quantitative estimate of drug-likeness (QED) is 0.637. The second-order valence-electron chi connectivity index (χ2n) is 4.63. The second-order valence-corrected chi connectivity index (χ2v) is 7.79.